The molecule has 0 unspecified atom stereocenters. The van der Waals surface area contributed by atoms with E-state index in [4.69, 9.17) is 0 Å². The standard InChI is InChI=1S/C39H46N2O6/c1-2-25(20-27-13-15-34(44)31-11-7-6-10-30(27)31)12-14-35(45)36-28(23-42)21-32-37(33(36)24-43)39(47)41(38(32)46)29-16-18-40(19-17-29)22-26-8-4-3-5-9-26/h3-11,13,15,20,29,32-33,35,37,42-45H,2,12,14,16-19,21-24H2,1H3/b25-20+/t32-,33+,35-,37-/m1/s1. The first kappa shape index (κ1) is 33.1. The van der Waals surface area contributed by atoms with Gasteiger partial charge in [-0.1, -0.05) is 79.2 Å². The average molecular weight is 639 g/mol. The van der Waals surface area contributed by atoms with Crippen LogP contribution in [0.1, 0.15) is 56.6 Å². The van der Waals surface area contributed by atoms with E-state index in [1.807, 2.05) is 48.5 Å². The summed E-state index contributed by atoms with van der Waals surface area (Å²) in [7, 11) is 0. The number of carbonyl (C=O) groups excluding carboxylic acids is 2. The van der Waals surface area contributed by atoms with Gasteiger partial charge in [-0.15, -0.1) is 0 Å². The van der Waals surface area contributed by atoms with Crippen molar-refractivity contribution in [3.8, 4) is 5.75 Å². The lowest BCUT2D eigenvalue weighted by Crippen LogP contribution is -2.47. The number of aromatic hydroxyl groups is 1. The van der Waals surface area contributed by atoms with Gasteiger partial charge >= 0.3 is 0 Å². The maximum absolute atomic E-state index is 14.0. The number of allylic oxidation sites excluding steroid dienone is 1. The molecule has 2 heterocycles. The monoisotopic (exact) mass is 638 g/mol. The molecule has 3 aromatic rings. The van der Waals surface area contributed by atoms with Gasteiger partial charge in [-0.2, -0.15) is 0 Å². The Kier molecular flexibility index (Phi) is 10.2. The Morgan fingerprint density at radius 3 is 2.32 bits per heavy atom. The van der Waals surface area contributed by atoms with Crippen molar-refractivity contribution in [1.82, 2.24) is 9.80 Å². The number of rotatable bonds is 11. The zero-order valence-electron chi connectivity index (χ0n) is 27.1. The Labute approximate surface area is 276 Å². The summed E-state index contributed by atoms with van der Waals surface area (Å²) in [5, 5.41) is 44.6. The number of aliphatic hydroxyl groups is 3. The minimum absolute atomic E-state index is 0.189. The van der Waals surface area contributed by atoms with Gasteiger partial charge in [0.05, 0.1) is 31.2 Å². The van der Waals surface area contributed by atoms with Crippen molar-refractivity contribution in [2.24, 2.45) is 17.8 Å². The number of likely N-dealkylation sites (tertiary alicyclic amines) is 2. The summed E-state index contributed by atoms with van der Waals surface area (Å²) >= 11 is 0. The van der Waals surface area contributed by atoms with Gasteiger partial charge in [0.25, 0.3) is 0 Å². The van der Waals surface area contributed by atoms with Gasteiger partial charge in [0.2, 0.25) is 11.8 Å². The lowest BCUT2D eigenvalue weighted by molar-refractivity contribution is -0.144. The van der Waals surface area contributed by atoms with Crippen LogP contribution in [0.2, 0.25) is 0 Å². The first-order valence-electron chi connectivity index (χ1n) is 17.0. The Morgan fingerprint density at radius 2 is 1.64 bits per heavy atom. The van der Waals surface area contributed by atoms with Crippen molar-refractivity contribution in [2.75, 3.05) is 26.3 Å². The molecule has 0 spiro atoms. The maximum Gasteiger partial charge on any atom is 0.234 e. The molecule has 4 atom stereocenters. The van der Waals surface area contributed by atoms with Crippen LogP contribution in [-0.4, -0.2) is 80.5 Å². The molecule has 8 nitrogen and oxygen atoms in total. The van der Waals surface area contributed by atoms with E-state index in [-0.39, 0.29) is 43.2 Å². The normalized spacial score (nSPS) is 23.5. The molecule has 3 aromatic carbocycles. The fourth-order valence-corrected chi connectivity index (χ4v) is 8.15. The molecule has 6 rings (SSSR count). The smallest absolute Gasteiger partial charge is 0.234 e. The number of imide groups is 1. The molecule has 2 amide bonds. The highest BCUT2D eigenvalue weighted by Gasteiger charge is 2.56. The summed E-state index contributed by atoms with van der Waals surface area (Å²) in [5.74, 6) is -2.33. The summed E-state index contributed by atoms with van der Waals surface area (Å²) in [6.45, 7) is 3.75. The summed E-state index contributed by atoms with van der Waals surface area (Å²) in [4.78, 5) is 31.6. The van der Waals surface area contributed by atoms with Crippen LogP contribution in [-0.2, 0) is 16.1 Å². The van der Waals surface area contributed by atoms with E-state index in [1.165, 1.54) is 10.5 Å². The van der Waals surface area contributed by atoms with E-state index in [0.717, 1.165) is 48.0 Å². The predicted octanol–water partition coefficient (Wildman–Crippen LogP) is 5.05. The van der Waals surface area contributed by atoms with Crippen LogP contribution in [0.15, 0.2) is 83.4 Å². The second-order valence-corrected chi connectivity index (χ2v) is 13.3. The summed E-state index contributed by atoms with van der Waals surface area (Å²) < 4.78 is 0. The second-order valence-electron chi connectivity index (χ2n) is 13.3. The number of hydrogen-bond acceptors (Lipinski definition) is 7. The highest BCUT2D eigenvalue weighted by Crippen LogP contribution is 2.47. The fraction of sp³-hybridized carbons (Fsp3) is 0.436. The Morgan fingerprint density at radius 1 is 0.936 bits per heavy atom. The van der Waals surface area contributed by atoms with Crippen molar-refractivity contribution in [1.29, 1.82) is 0 Å². The number of hydrogen-bond donors (Lipinski definition) is 4. The molecule has 248 valence electrons. The van der Waals surface area contributed by atoms with Crippen LogP contribution in [0.4, 0.5) is 0 Å². The first-order valence-corrected chi connectivity index (χ1v) is 17.0. The summed E-state index contributed by atoms with van der Waals surface area (Å²) in [6.07, 6.45) is 4.42. The number of amides is 2. The van der Waals surface area contributed by atoms with Crippen molar-refractivity contribution < 1.29 is 30.0 Å². The molecule has 47 heavy (non-hydrogen) atoms. The number of benzene rings is 3. The third kappa shape index (κ3) is 6.65. The SMILES string of the molecule is CC/C(=C\c1ccc(O)c2ccccc12)CC[C@@H](O)C1=C(CO)C[C@H]2C(=O)N(C3CCN(Cc4ccccc4)CC3)C(=O)[C@H]2[C@H]1CO. The van der Waals surface area contributed by atoms with E-state index in [9.17, 15) is 30.0 Å². The molecular formula is C39H46N2O6. The van der Waals surface area contributed by atoms with Crippen molar-refractivity contribution in [3.63, 3.8) is 0 Å². The predicted molar refractivity (Wildman–Crippen MR) is 182 cm³/mol. The molecule has 4 N–H and O–H groups in total. The minimum Gasteiger partial charge on any atom is -0.507 e. The van der Waals surface area contributed by atoms with E-state index < -0.39 is 23.9 Å². The highest BCUT2D eigenvalue weighted by molar-refractivity contribution is 6.06. The van der Waals surface area contributed by atoms with Crippen LogP contribution in [0.25, 0.3) is 16.8 Å². The molecule has 2 saturated heterocycles. The van der Waals surface area contributed by atoms with Crippen LogP contribution in [0.5, 0.6) is 5.75 Å². The largest absolute Gasteiger partial charge is 0.507 e. The number of carbonyl (C=O) groups is 2. The van der Waals surface area contributed by atoms with Crippen LogP contribution in [0, 0.1) is 17.8 Å². The number of phenolic OH excluding ortho intramolecular Hbond substituents is 1. The van der Waals surface area contributed by atoms with E-state index in [1.54, 1.807) is 6.07 Å². The Bertz CT molecular complexity index is 1660. The topological polar surface area (TPSA) is 122 Å². The molecule has 2 fully saturated rings. The van der Waals surface area contributed by atoms with E-state index in [2.05, 4.69) is 30.0 Å². The minimum atomic E-state index is -0.972. The van der Waals surface area contributed by atoms with Crippen molar-refractivity contribution >= 4 is 28.7 Å². The van der Waals surface area contributed by atoms with Gasteiger partial charge in [-0.05, 0) is 72.3 Å². The number of piperidine rings is 1. The quantitative estimate of drug-likeness (QED) is 0.171. The number of fused-ring (bicyclic) bond motifs is 2. The van der Waals surface area contributed by atoms with E-state index in [0.29, 0.717) is 36.8 Å². The van der Waals surface area contributed by atoms with Gasteiger partial charge in [-0.25, -0.2) is 0 Å². The zero-order valence-corrected chi connectivity index (χ0v) is 27.1. The molecule has 2 aliphatic heterocycles. The molecule has 0 radical (unpaired) electrons. The number of aliphatic hydroxyl groups excluding tert-OH is 3. The lowest BCUT2D eigenvalue weighted by Gasteiger charge is -2.36. The van der Waals surface area contributed by atoms with Gasteiger partial charge < -0.3 is 20.4 Å². The molecule has 3 aliphatic rings. The Balaban J connectivity index is 1.15. The molecule has 0 saturated carbocycles. The van der Waals surface area contributed by atoms with Crippen LogP contribution < -0.4 is 0 Å². The maximum atomic E-state index is 14.0. The van der Waals surface area contributed by atoms with Gasteiger partial charge in [0, 0.05) is 37.0 Å². The molecular weight excluding hydrogens is 592 g/mol. The molecule has 0 bridgehead atoms. The van der Waals surface area contributed by atoms with Gasteiger partial charge in [0.15, 0.2) is 0 Å². The summed E-state index contributed by atoms with van der Waals surface area (Å²) in [5.41, 5.74) is 4.40. The number of phenols is 1. The van der Waals surface area contributed by atoms with Gasteiger partial charge in [-0.3, -0.25) is 19.4 Å². The van der Waals surface area contributed by atoms with Crippen LogP contribution in [0.3, 0.4) is 0 Å². The highest BCUT2D eigenvalue weighted by atomic mass is 16.3. The lowest BCUT2D eigenvalue weighted by atomic mass is 9.68. The third-order valence-corrected chi connectivity index (χ3v) is 10.6. The summed E-state index contributed by atoms with van der Waals surface area (Å²) in [6, 6.07) is 21.4. The van der Waals surface area contributed by atoms with Gasteiger partial charge in [0.1, 0.15) is 5.75 Å². The third-order valence-electron chi connectivity index (χ3n) is 10.6. The molecule has 8 heteroatoms. The van der Waals surface area contributed by atoms with Crippen molar-refractivity contribution in [2.45, 2.75) is 64.1 Å². The fourth-order valence-electron chi connectivity index (χ4n) is 8.15. The number of nitrogens with zero attached hydrogens (tertiary/aromatic N) is 2. The molecule has 0 aromatic heterocycles. The Hall–Kier alpha value is -3.82. The van der Waals surface area contributed by atoms with Crippen LogP contribution >= 0.6 is 0 Å². The first-order chi connectivity index (χ1) is 22.8. The zero-order chi connectivity index (χ0) is 33.1. The average Bonchev–Trinajstić information content (AvgIpc) is 3.35. The second kappa shape index (κ2) is 14.5. The molecule has 1 aliphatic carbocycles. The van der Waals surface area contributed by atoms with E-state index >= 15 is 0 Å². The van der Waals surface area contributed by atoms with Crippen molar-refractivity contribution in [3.05, 3.63) is 94.6 Å².